The molecular formula is C12H16FN3OS. The Morgan fingerprint density at radius 3 is 2.94 bits per heavy atom. The molecule has 0 saturated carbocycles. The van der Waals surface area contributed by atoms with Gasteiger partial charge in [0.1, 0.15) is 5.82 Å². The Morgan fingerprint density at radius 2 is 2.28 bits per heavy atom. The largest absolute Gasteiger partial charge is 0.369 e. The van der Waals surface area contributed by atoms with Gasteiger partial charge in [0.05, 0.1) is 11.0 Å². The van der Waals surface area contributed by atoms with Crippen molar-refractivity contribution in [3.8, 4) is 0 Å². The van der Waals surface area contributed by atoms with Crippen molar-refractivity contribution in [2.75, 3.05) is 17.7 Å². The van der Waals surface area contributed by atoms with Crippen molar-refractivity contribution in [3.63, 3.8) is 0 Å². The van der Waals surface area contributed by atoms with E-state index in [1.165, 1.54) is 12.1 Å². The van der Waals surface area contributed by atoms with Gasteiger partial charge in [0.2, 0.25) is 5.95 Å². The summed E-state index contributed by atoms with van der Waals surface area (Å²) in [6.45, 7) is 1.97. The molecule has 0 aliphatic rings. The fourth-order valence-electron chi connectivity index (χ4n) is 2.01. The highest BCUT2D eigenvalue weighted by atomic mass is 32.2. The molecule has 2 N–H and O–H groups in total. The molecule has 6 heteroatoms. The molecule has 1 aromatic carbocycles. The van der Waals surface area contributed by atoms with Crippen LogP contribution < -0.4 is 5.73 Å². The van der Waals surface area contributed by atoms with Crippen LogP contribution in [0.2, 0.25) is 0 Å². The number of nitrogens with zero attached hydrogens (tertiary/aromatic N) is 2. The fourth-order valence-corrected chi connectivity index (χ4v) is 2.69. The summed E-state index contributed by atoms with van der Waals surface area (Å²) < 4.78 is 26.2. The summed E-state index contributed by atoms with van der Waals surface area (Å²) in [5, 5.41) is 0. The lowest BCUT2D eigenvalue weighted by atomic mass is 10.2. The van der Waals surface area contributed by atoms with Gasteiger partial charge in [-0.1, -0.05) is 0 Å². The first-order valence-corrected chi connectivity index (χ1v) is 7.44. The van der Waals surface area contributed by atoms with Gasteiger partial charge < -0.3 is 10.3 Å². The highest BCUT2D eigenvalue weighted by Crippen LogP contribution is 2.25. The highest BCUT2D eigenvalue weighted by Gasteiger charge is 2.14. The molecule has 1 aromatic heterocycles. The van der Waals surface area contributed by atoms with E-state index in [1.807, 2.05) is 6.92 Å². The van der Waals surface area contributed by atoms with Gasteiger partial charge in [0.25, 0.3) is 0 Å². The van der Waals surface area contributed by atoms with Crippen molar-refractivity contribution in [2.24, 2.45) is 0 Å². The van der Waals surface area contributed by atoms with Crippen LogP contribution in [-0.2, 0) is 10.8 Å². The third-order valence-electron chi connectivity index (χ3n) is 2.94. The van der Waals surface area contributed by atoms with E-state index in [9.17, 15) is 8.60 Å². The van der Waals surface area contributed by atoms with Gasteiger partial charge in [-0.3, -0.25) is 4.21 Å². The minimum absolute atomic E-state index is 0.0423. The van der Waals surface area contributed by atoms with Crippen LogP contribution in [0.5, 0.6) is 0 Å². The van der Waals surface area contributed by atoms with E-state index in [4.69, 9.17) is 5.73 Å². The summed E-state index contributed by atoms with van der Waals surface area (Å²) in [5.41, 5.74) is 7.23. The lowest BCUT2D eigenvalue weighted by Crippen LogP contribution is -2.11. The van der Waals surface area contributed by atoms with Crippen LogP contribution in [0.25, 0.3) is 11.0 Å². The van der Waals surface area contributed by atoms with Crippen LogP contribution in [0.3, 0.4) is 0 Å². The summed E-state index contributed by atoms with van der Waals surface area (Å²) in [4.78, 5) is 4.20. The molecule has 0 aliphatic heterocycles. The number of nitrogens with two attached hydrogens (primary N) is 1. The van der Waals surface area contributed by atoms with Crippen LogP contribution in [0.1, 0.15) is 19.4 Å². The zero-order valence-corrected chi connectivity index (χ0v) is 11.2. The standard InChI is InChI=1S/C12H16FN3OS/c1-8(5-6-18(2)17)16-11-7-9(13)3-4-10(11)15-12(16)14/h3-4,7-8H,5-6H2,1-2H3,(H2,14,15). The van der Waals surface area contributed by atoms with E-state index in [-0.39, 0.29) is 11.9 Å². The summed E-state index contributed by atoms with van der Waals surface area (Å²) in [6.07, 6.45) is 2.39. The minimum Gasteiger partial charge on any atom is -0.369 e. The second-order valence-corrected chi connectivity index (χ2v) is 5.94. The first-order chi connectivity index (χ1) is 8.49. The topological polar surface area (TPSA) is 60.9 Å². The molecule has 2 aromatic rings. The van der Waals surface area contributed by atoms with E-state index in [1.54, 1.807) is 16.9 Å². The summed E-state index contributed by atoms with van der Waals surface area (Å²) in [7, 11) is -0.841. The van der Waals surface area contributed by atoms with Gasteiger partial charge in [0.15, 0.2) is 0 Å². The average molecular weight is 269 g/mol. The zero-order valence-electron chi connectivity index (χ0n) is 10.4. The van der Waals surface area contributed by atoms with Gasteiger partial charge >= 0.3 is 0 Å². The Labute approximate surface area is 107 Å². The molecule has 2 rings (SSSR count). The number of rotatable bonds is 4. The molecule has 0 aliphatic carbocycles. The minimum atomic E-state index is -0.841. The fraction of sp³-hybridized carbons (Fsp3) is 0.417. The number of halogens is 1. The molecule has 0 amide bonds. The Balaban J connectivity index is 2.39. The highest BCUT2D eigenvalue weighted by molar-refractivity contribution is 7.84. The van der Waals surface area contributed by atoms with E-state index in [2.05, 4.69) is 4.98 Å². The summed E-state index contributed by atoms with van der Waals surface area (Å²) in [5.74, 6) is 0.648. The molecule has 0 bridgehead atoms. The molecule has 0 spiro atoms. The van der Waals surface area contributed by atoms with Crippen LogP contribution in [0, 0.1) is 5.82 Å². The Hall–Kier alpha value is -1.43. The maximum Gasteiger partial charge on any atom is 0.201 e. The van der Waals surface area contributed by atoms with Crippen LogP contribution >= 0.6 is 0 Å². The van der Waals surface area contributed by atoms with Crippen molar-refractivity contribution >= 4 is 27.8 Å². The lowest BCUT2D eigenvalue weighted by Gasteiger charge is -2.15. The van der Waals surface area contributed by atoms with Crippen molar-refractivity contribution in [3.05, 3.63) is 24.0 Å². The lowest BCUT2D eigenvalue weighted by molar-refractivity contribution is 0.550. The predicted molar refractivity (Wildman–Crippen MR) is 72.4 cm³/mol. The van der Waals surface area contributed by atoms with Crippen molar-refractivity contribution < 1.29 is 8.60 Å². The van der Waals surface area contributed by atoms with Crippen molar-refractivity contribution in [1.29, 1.82) is 0 Å². The number of nitrogen functional groups attached to an aromatic ring is 1. The first-order valence-electron chi connectivity index (χ1n) is 5.72. The number of hydrogen-bond acceptors (Lipinski definition) is 3. The molecule has 18 heavy (non-hydrogen) atoms. The molecular weight excluding hydrogens is 253 g/mol. The number of anilines is 1. The molecule has 2 atom stereocenters. The van der Waals surface area contributed by atoms with E-state index >= 15 is 0 Å². The molecule has 98 valence electrons. The molecule has 0 fully saturated rings. The predicted octanol–water partition coefficient (Wildman–Crippen LogP) is 2.09. The molecule has 1 heterocycles. The number of fused-ring (bicyclic) bond motifs is 1. The number of imidazole rings is 1. The van der Waals surface area contributed by atoms with Crippen molar-refractivity contribution in [2.45, 2.75) is 19.4 Å². The molecule has 2 unspecified atom stereocenters. The van der Waals surface area contributed by atoms with Crippen LogP contribution in [0.15, 0.2) is 18.2 Å². The van der Waals surface area contributed by atoms with Gasteiger partial charge in [-0.05, 0) is 31.5 Å². The van der Waals surface area contributed by atoms with Crippen LogP contribution in [0.4, 0.5) is 10.3 Å². The van der Waals surface area contributed by atoms with E-state index in [0.29, 0.717) is 22.7 Å². The van der Waals surface area contributed by atoms with Gasteiger partial charge in [-0.2, -0.15) is 0 Å². The third-order valence-corrected chi connectivity index (χ3v) is 3.75. The second-order valence-electron chi connectivity index (χ2n) is 4.39. The Morgan fingerprint density at radius 1 is 1.56 bits per heavy atom. The van der Waals surface area contributed by atoms with Crippen molar-refractivity contribution in [1.82, 2.24) is 9.55 Å². The Kier molecular flexibility index (Phi) is 3.65. The maximum atomic E-state index is 13.3. The zero-order chi connectivity index (χ0) is 13.3. The van der Waals surface area contributed by atoms with Gasteiger partial charge in [0, 0.05) is 28.9 Å². The first kappa shape index (κ1) is 13.0. The van der Waals surface area contributed by atoms with Gasteiger partial charge in [-0.15, -0.1) is 0 Å². The second kappa shape index (κ2) is 5.06. The summed E-state index contributed by atoms with van der Waals surface area (Å²) in [6, 6.07) is 4.45. The number of benzene rings is 1. The normalized spacial score (nSPS) is 14.8. The smallest absolute Gasteiger partial charge is 0.201 e. The monoisotopic (exact) mass is 269 g/mol. The molecule has 0 radical (unpaired) electrons. The van der Waals surface area contributed by atoms with E-state index in [0.717, 1.165) is 6.42 Å². The number of hydrogen-bond donors (Lipinski definition) is 1. The van der Waals surface area contributed by atoms with E-state index < -0.39 is 10.8 Å². The average Bonchev–Trinajstić information content (AvgIpc) is 2.61. The maximum absolute atomic E-state index is 13.3. The molecule has 0 saturated heterocycles. The van der Waals surface area contributed by atoms with Crippen LogP contribution in [-0.4, -0.2) is 25.8 Å². The SMILES string of the molecule is CC(CCS(C)=O)n1c(N)nc2ccc(F)cc21. The molecule has 4 nitrogen and oxygen atoms in total. The third kappa shape index (κ3) is 2.53. The summed E-state index contributed by atoms with van der Waals surface area (Å²) >= 11 is 0. The van der Waals surface area contributed by atoms with Gasteiger partial charge in [-0.25, -0.2) is 9.37 Å². The number of aromatic nitrogens is 2. The quantitative estimate of drug-likeness (QED) is 0.924. The Bertz CT molecular complexity index is 596.